The Bertz CT molecular complexity index is 627. The second-order valence-corrected chi connectivity index (χ2v) is 5.91. The smallest absolute Gasteiger partial charge is 0.238 e. The van der Waals surface area contributed by atoms with Gasteiger partial charge in [0.05, 0.1) is 13.2 Å². The summed E-state index contributed by atoms with van der Waals surface area (Å²) in [5.74, 6) is -0.0861. The van der Waals surface area contributed by atoms with Gasteiger partial charge in [0.15, 0.2) is 0 Å². The highest BCUT2D eigenvalue weighted by Crippen LogP contribution is 2.15. The lowest BCUT2D eigenvalue weighted by atomic mass is 10.2. The predicted molar refractivity (Wildman–Crippen MR) is 98.2 cm³/mol. The summed E-state index contributed by atoms with van der Waals surface area (Å²) in [5.41, 5.74) is 2.97. The first-order valence-electron chi connectivity index (χ1n) is 8.03. The second kappa shape index (κ2) is 9.05. The molecule has 0 saturated carbocycles. The number of nitrogens with one attached hydrogen (secondary N) is 1. The minimum absolute atomic E-state index is 0.0254. The molecular weight excluding hydrogens is 302 g/mol. The van der Waals surface area contributed by atoms with E-state index in [1.165, 1.54) is 0 Å². The molecule has 0 aliphatic carbocycles. The maximum atomic E-state index is 12.3. The monoisotopic (exact) mass is 327 g/mol. The first-order chi connectivity index (χ1) is 11.6. The van der Waals surface area contributed by atoms with E-state index >= 15 is 0 Å². The molecule has 0 spiro atoms. The van der Waals surface area contributed by atoms with Gasteiger partial charge in [-0.25, -0.2) is 0 Å². The standard InChI is InChI=1S/C19H25N3O2/c1-21(2)18-10-8-17(9-11-18)20-19(24)15-22(12-13-23)14-16-6-4-3-5-7-16/h3-11,23H,12-15H2,1-2H3,(H,20,24). The number of amides is 1. The molecule has 0 aliphatic rings. The summed E-state index contributed by atoms with van der Waals surface area (Å²) in [6.07, 6.45) is 0. The Morgan fingerprint density at radius 2 is 1.71 bits per heavy atom. The van der Waals surface area contributed by atoms with Crippen molar-refractivity contribution in [3.8, 4) is 0 Å². The average molecular weight is 327 g/mol. The van der Waals surface area contributed by atoms with Crippen LogP contribution in [0.3, 0.4) is 0 Å². The molecule has 0 heterocycles. The summed E-state index contributed by atoms with van der Waals surface area (Å²) in [5, 5.41) is 12.1. The fourth-order valence-electron chi connectivity index (χ4n) is 2.44. The molecule has 0 bridgehead atoms. The minimum Gasteiger partial charge on any atom is -0.395 e. The molecule has 5 nitrogen and oxygen atoms in total. The zero-order valence-corrected chi connectivity index (χ0v) is 14.3. The van der Waals surface area contributed by atoms with Gasteiger partial charge in [-0.1, -0.05) is 30.3 Å². The summed E-state index contributed by atoms with van der Waals surface area (Å²) in [7, 11) is 3.95. The lowest BCUT2D eigenvalue weighted by molar-refractivity contribution is -0.117. The van der Waals surface area contributed by atoms with Crippen molar-refractivity contribution < 1.29 is 9.90 Å². The number of rotatable bonds is 8. The van der Waals surface area contributed by atoms with Gasteiger partial charge in [0, 0.05) is 38.6 Å². The van der Waals surface area contributed by atoms with Crippen molar-refractivity contribution in [3.05, 3.63) is 60.2 Å². The highest BCUT2D eigenvalue weighted by Gasteiger charge is 2.11. The number of anilines is 2. The molecule has 5 heteroatoms. The van der Waals surface area contributed by atoms with Gasteiger partial charge in [-0.3, -0.25) is 9.69 Å². The molecular formula is C19H25N3O2. The summed E-state index contributed by atoms with van der Waals surface area (Å²) < 4.78 is 0. The van der Waals surface area contributed by atoms with E-state index in [9.17, 15) is 9.90 Å². The molecule has 1 amide bonds. The Morgan fingerprint density at radius 3 is 2.29 bits per heavy atom. The highest BCUT2D eigenvalue weighted by molar-refractivity contribution is 5.92. The SMILES string of the molecule is CN(C)c1ccc(NC(=O)CN(CCO)Cc2ccccc2)cc1. The molecule has 0 fully saturated rings. The number of benzene rings is 2. The molecule has 2 N–H and O–H groups in total. The maximum Gasteiger partial charge on any atom is 0.238 e. The normalized spacial score (nSPS) is 10.7. The van der Waals surface area contributed by atoms with E-state index < -0.39 is 0 Å². The Morgan fingerprint density at radius 1 is 1.04 bits per heavy atom. The van der Waals surface area contributed by atoms with E-state index in [0.29, 0.717) is 13.1 Å². The topological polar surface area (TPSA) is 55.8 Å². The first-order valence-corrected chi connectivity index (χ1v) is 8.03. The lowest BCUT2D eigenvalue weighted by Gasteiger charge is -2.21. The van der Waals surface area contributed by atoms with Gasteiger partial charge in [-0.2, -0.15) is 0 Å². The van der Waals surface area contributed by atoms with Crippen LogP contribution in [-0.2, 0) is 11.3 Å². The Kier molecular flexibility index (Phi) is 6.78. The molecule has 0 aromatic heterocycles. The second-order valence-electron chi connectivity index (χ2n) is 5.91. The Hall–Kier alpha value is -2.37. The van der Waals surface area contributed by atoms with Crippen molar-refractivity contribution in [2.24, 2.45) is 0 Å². The van der Waals surface area contributed by atoms with Crippen LogP contribution < -0.4 is 10.2 Å². The van der Waals surface area contributed by atoms with Crippen molar-refractivity contribution in [3.63, 3.8) is 0 Å². The fourth-order valence-corrected chi connectivity index (χ4v) is 2.44. The maximum absolute atomic E-state index is 12.3. The van der Waals surface area contributed by atoms with E-state index in [1.54, 1.807) is 0 Å². The van der Waals surface area contributed by atoms with Gasteiger partial charge in [0.2, 0.25) is 5.91 Å². The largest absolute Gasteiger partial charge is 0.395 e. The van der Waals surface area contributed by atoms with Gasteiger partial charge in [-0.05, 0) is 29.8 Å². The molecule has 0 atom stereocenters. The van der Waals surface area contributed by atoms with Crippen LogP contribution >= 0.6 is 0 Å². The average Bonchev–Trinajstić information content (AvgIpc) is 2.56. The summed E-state index contributed by atoms with van der Waals surface area (Å²) in [6, 6.07) is 17.6. The number of aliphatic hydroxyl groups excluding tert-OH is 1. The van der Waals surface area contributed by atoms with Crippen molar-refractivity contribution in [1.82, 2.24) is 4.90 Å². The van der Waals surface area contributed by atoms with Crippen LogP contribution in [0.1, 0.15) is 5.56 Å². The van der Waals surface area contributed by atoms with Crippen molar-refractivity contribution >= 4 is 17.3 Å². The van der Waals surface area contributed by atoms with Gasteiger partial charge >= 0.3 is 0 Å². The molecule has 2 rings (SSSR count). The van der Waals surface area contributed by atoms with Crippen LogP contribution in [0.25, 0.3) is 0 Å². The molecule has 24 heavy (non-hydrogen) atoms. The lowest BCUT2D eigenvalue weighted by Crippen LogP contribution is -2.34. The van der Waals surface area contributed by atoms with Gasteiger partial charge < -0.3 is 15.3 Å². The highest BCUT2D eigenvalue weighted by atomic mass is 16.3. The van der Waals surface area contributed by atoms with Crippen LogP contribution in [0.15, 0.2) is 54.6 Å². The number of aliphatic hydroxyl groups is 1. The molecule has 0 radical (unpaired) electrons. The number of hydrogen-bond acceptors (Lipinski definition) is 4. The molecule has 2 aromatic rings. The number of carbonyl (C=O) groups is 1. The van der Waals surface area contributed by atoms with E-state index in [0.717, 1.165) is 16.9 Å². The Balaban J connectivity index is 1.92. The van der Waals surface area contributed by atoms with E-state index in [4.69, 9.17) is 0 Å². The predicted octanol–water partition coefficient (Wildman–Crippen LogP) is 2.19. The summed E-state index contributed by atoms with van der Waals surface area (Å²) in [6.45, 7) is 1.36. The van der Waals surface area contributed by atoms with Crippen LogP contribution in [-0.4, -0.2) is 49.7 Å². The molecule has 0 unspecified atom stereocenters. The third-order valence-corrected chi connectivity index (χ3v) is 3.70. The van der Waals surface area contributed by atoms with Crippen LogP contribution in [0.2, 0.25) is 0 Å². The van der Waals surface area contributed by atoms with Crippen LogP contribution in [0.4, 0.5) is 11.4 Å². The van der Waals surface area contributed by atoms with Crippen molar-refractivity contribution in [2.75, 3.05) is 44.0 Å². The summed E-state index contributed by atoms with van der Waals surface area (Å²) in [4.78, 5) is 16.2. The number of carbonyl (C=O) groups excluding carboxylic acids is 1. The molecule has 128 valence electrons. The quantitative estimate of drug-likeness (QED) is 0.780. The molecule has 2 aromatic carbocycles. The number of hydrogen-bond donors (Lipinski definition) is 2. The third kappa shape index (κ3) is 5.68. The minimum atomic E-state index is -0.0861. The zero-order chi connectivity index (χ0) is 17.4. The molecule has 0 aliphatic heterocycles. The molecule has 0 saturated heterocycles. The number of nitrogens with zero attached hydrogens (tertiary/aromatic N) is 2. The van der Waals surface area contributed by atoms with Crippen molar-refractivity contribution in [2.45, 2.75) is 6.54 Å². The van der Waals surface area contributed by atoms with E-state index in [-0.39, 0.29) is 19.1 Å². The van der Waals surface area contributed by atoms with Gasteiger partial charge in [0.1, 0.15) is 0 Å². The Labute approximate surface area is 143 Å². The third-order valence-electron chi connectivity index (χ3n) is 3.70. The van der Waals surface area contributed by atoms with Crippen LogP contribution in [0.5, 0.6) is 0 Å². The first kappa shape index (κ1) is 18.0. The van der Waals surface area contributed by atoms with Gasteiger partial charge in [0.25, 0.3) is 0 Å². The van der Waals surface area contributed by atoms with E-state index in [2.05, 4.69) is 5.32 Å². The summed E-state index contributed by atoms with van der Waals surface area (Å²) >= 11 is 0. The van der Waals surface area contributed by atoms with Crippen LogP contribution in [0, 0.1) is 0 Å². The van der Waals surface area contributed by atoms with Crippen molar-refractivity contribution in [1.29, 1.82) is 0 Å². The van der Waals surface area contributed by atoms with E-state index in [1.807, 2.05) is 78.5 Å². The fraction of sp³-hybridized carbons (Fsp3) is 0.316. The van der Waals surface area contributed by atoms with Gasteiger partial charge in [-0.15, -0.1) is 0 Å². The zero-order valence-electron chi connectivity index (χ0n) is 14.3.